The maximum absolute atomic E-state index is 12.0. The average molecular weight is 323 g/mol. The molecule has 3 rings (SSSR count). The zero-order valence-electron chi connectivity index (χ0n) is 13.1. The number of carbonyl (C=O) groups excluding carboxylic acids is 1. The third-order valence-corrected chi connectivity index (χ3v) is 4.79. The number of hydrogen-bond donors (Lipinski definition) is 1. The lowest BCUT2D eigenvalue weighted by Crippen LogP contribution is -2.35. The number of nitrogens with one attached hydrogen (secondary N) is 1. The number of carbonyl (C=O) groups is 1. The van der Waals surface area contributed by atoms with Gasteiger partial charge in [0.15, 0.2) is 0 Å². The predicted octanol–water partition coefficient (Wildman–Crippen LogP) is 4.06. The van der Waals surface area contributed by atoms with E-state index in [-0.39, 0.29) is 11.9 Å². The lowest BCUT2D eigenvalue weighted by Gasteiger charge is -2.11. The number of amides is 1. The molecule has 2 aromatic carbocycles. The largest absolute Gasteiger partial charge is 0.353 e. The molecule has 0 spiro atoms. The molecule has 0 aliphatic heterocycles. The molecule has 0 atom stereocenters. The van der Waals surface area contributed by atoms with Crippen LogP contribution in [0.25, 0.3) is 6.08 Å². The fourth-order valence-corrected chi connectivity index (χ4v) is 3.56. The number of benzene rings is 2. The molecular formula is C20H21NOS. The first-order chi connectivity index (χ1) is 11.3. The van der Waals surface area contributed by atoms with Gasteiger partial charge in [0.05, 0.1) is 0 Å². The van der Waals surface area contributed by atoms with Gasteiger partial charge in [-0.25, -0.2) is 0 Å². The minimum Gasteiger partial charge on any atom is -0.353 e. The van der Waals surface area contributed by atoms with E-state index in [1.165, 1.54) is 16.7 Å². The fourth-order valence-electron chi connectivity index (χ4n) is 2.87. The topological polar surface area (TPSA) is 29.1 Å². The summed E-state index contributed by atoms with van der Waals surface area (Å²) < 4.78 is 0. The average Bonchev–Trinajstić information content (AvgIpc) is 2.97. The second-order valence-electron chi connectivity index (χ2n) is 5.78. The summed E-state index contributed by atoms with van der Waals surface area (Å²) in [4.78, 5) is 12.0. The Morgan fingerprint density at radius 3 is 2.39 bits per heavy atom. The van der Waals surface area contributed by atoms with Crippen LogP contribution in [0.2, 0.25) is 0 Å². The normalized spacial score (nSPS) is 14.1. The molecule has 2 nitrogen and oxygen atoms in total. The second kappa shape index (κ2) is 8.02. The van der Waals surface area contributed by atoms with Crippen LogP contribution >= 0.6 is 11.8 Å². The van der Waals surface area contributed by atoms with Gasteiger partial charge in [-0.05, 0) is 41.0 Å². The van der Waals surface area contributed by atoms with Crippen LogP contribution in [0.1, 0.15) is 23.1 Å². The van der Waals surface area contributed by atoms with Crippen molar-refractivity contribution >= 4 is 23.7 Å². The first-order valence-corrected chi connectivity index (χ1v) is 9.05. The Morgan fingerprint density at radius 1 is 1.04 bits per heavy atom. The quantitative estimate of drug-likeness (QED) is 0.812. The molecule has 118 valence electrons. The Labute approximate surface area is 142 Å². The monoisotopic (exact) mass is 323 g/mol. The molecule has 0 saturated heterocycles. The predicted molar refractivity (Wildman–Crippen MR) is 98.3 cm³/mol. The van der Waals surface area contributed by atoms with Gasteiger partial charge >= 0.3 is 0 Å². The summed E-state index contributed by atoms with van der Waals surface area (Å²) in [6.07, 6.45) is 4.57. The molecule has 23 heavy (non-hydrogen) atoms. The van der Waals surface area contributed by atoms with Crippen LogP contribution in [0.3, 0.4) is 0 Å². The molecule has 3 heteroatoms. The molecule has 0 fully saturated rings. The van der Waals surface area contributed by atoms with Crippen LogP contribution in [-0.2, 0) is 17.6 Å². The van der Waals surface area contributed by atoms with Gasteiger partial charge in [0.1, 0.15) is 0 Å². The highest BCUT2D eigenvalue weighted by Crippen LogP contribution is 2.21. The fraction of sp³-hybridized carbons (Fsp3) is 0.250. The van der Waals surface area contributed by atoms with Crippen molar-refractivity contribution in [3.63, 3.8) is 0 Å². The maximum Gasteiger partial charge on any atom is 0.221 e. The SMILES string of the molecule is O=C(CCS/C=C\c1ccccc1)NC1Cc2ccccc2C1. The van der Waals surface area contributed by atoms with E-state index in [1.54, 1.807) is 11.8 Å². The molecule has 0 saturated carbocycles. The van der Waals surface area contributed by atoms with Crippen LogP contribution in [0.15, 0.2) is 60.0 Å². The standard InChI is InChI=1S/C20H21NOS/c22-20(11-13-23-12-10-16-6-2-1-3-7-16)21-19-14-17-8-4-5-9-18(17)15-19/h1-10,12,19H,11,13-15H2,(H,21,22)/b12-10-. The second-order valence-corrected chi connectivity index (χ2v) is 6.79. The molecular weight excluding hydrogens is 302 g/mol. The summed E-state index contributed by atoms with van der Waals surface area (Å²) in [5.41, 5.74) is 3.93. The van der Waals surface area contributed by atoms with E-state index in [9.17, 15) is 4.79 Å². The molecule has 2 aromatic rings. The first-order valence-electron chi connectivity index (χ1n) is 8.00. The van der Waals surface area contributed by atoms with E-state index in [4.69, 9.17) is 0 Å². The zero-order chi connectivity index (χ0) is 15.9. The van der Waals surface area contributed by atoms with Crippen molar-refractivity contribution in [1.82, 2.24) is 5.32 Å². The highest BCUT2D eigenvalue weighted by atomic mass is 32.2. The van der Waals surface area contributed by atoms with Crippen LogP contribution in [-0.4, -0.2) is 17.7 Å². The highest BCUT2D eigenvalue weighted by Gasteiger charge is 2.21. The van der Waals surface area contributed by atoms with Crippen molar-refractivity contribution in [2.75, 3.05) is 5.75 Å². The van der Waals surface area contributed by atoms with Crippen LogP contribution in [0.5, 0.6) is 0 Å². The number of rotatable bonds is 6. The summed E-state index contributed by atoms with van der Waals surface area (Å²) in [5.74, 6) is 0.970. The van der Waals surface area contributed by atoms with Crippen LogP contribution in [0, 0.1) is 0 Å². The summed E-state index contributed by atoms with van der Waals surface area (Å²) in [6, 6.07) is 18.9. The van der Waals surface area contributed by atoms with Gasteiger partial charge < -0.3 is 5.32 Å². The molecule has 0 unspecified atom stereocenters. The minimum atomic E-state index is 0.156. The zero-order valence-corrected chi connectivity index (χ0v) is 13.9. The molecule has 0 radical (unpaired) electrons. The number of fused-ring (bicyclic) bond motifs is 1. The van der Waals surface area contributed by atoms with E-state index >= 15 is 0 Å². The Balaban J connectivity index is 1.35. The van der Waals surface area contributed by atoms with Gasteiger partial charge in [-0.3, -0.25) is 4.79 Å². The van der Waals surface area contributed by atoms with Crippen molar-refractivity contribution in [3.8, 4) is 0 Å². The van der Waals surface area contributed by atoms with Gasteiger partial charge in [-0.1, -0.05) is 54.6 Å². The summed E-state index contributed by atoms with van der Waals surface area (Å²) in [5, 5.41) is 5.22. The Bertz CT molecular complexity index is 656. The van der Waals surface area contributed by atoms with Crippen molar-refractivity contribution in [1.29, 1.82) is 0 Å². The minimum absolute atomic E-state index is 0.156. The number of hydrogen-bond acceptors (Lipinski definition) is 2. The molecule has 1 N–H and O–H groups in total. The molecule has 0 bridgehead atoms. The molecule has 1 amide bonds. The van der Waals surface area contributed by atoms with Crippen LogP contribution < -0.4 is 5.32 Å². The van der Waals surface area contributed by atoms with Crippen LogP contribution in [0.4, 0.5) is 0 Å². The van der Waals surface area contributed by atoms with E-state index in [2.05, 4.69) is 53.2 Å². The maximum atomic E-state index is 12.0. The van der Waals surface area contributed by atoms with Gasteiger partial charge in [0, 0.05) is 18.2 Å². The van der Waals surface area contributed by atoms with Crippen molar-refractivity contribution in [2.24, 2.45) is 0 Å². The Kier molecular flexibility index (Phi) is 5.54. The van der Waals surface area contributed by atoms with E-state index in [1.807, 2.05) is 18.2 Å². The third-order valence-electron chi connectivity index (χ3n) is 4.02. The molecule has 1 aliphatic carbocycles. The van der Waals surface area contributed by atoms with Crippen molar-refractivity contribution in [2.45, 2.75) is 25.3 Å². The number of thioether (sulfide) groups is 1. The van der Waals surface area contributed by atoms with E-state index in [0.717, 1.165) is 18.6 Å². The van der Waals surface area contributed by atoms with Gasteiger partial charge in [0.2, 0.25) is 5.91 Å². The van der Waals surface area contributed by atoms with E-state index < -0.39 is 0 Å². The van der Waals surface area contributed by atoms with Gasteiger partial charge in [0.25, 0.3) is 0 Å². The lowest BCUT2D eigenvalue weighted by atomic mass is 10.1. The lowest BCUT2D eigenvalue weighted by molar-refractivity contribution is -0.121. The van der Waals surface area contributed by atoms with Crippen molar-refractivity contribution < 1.29 is 4.79 Å². The Morgan fingerprint density at radius 2 is 1.70 bits per heavy atom. The van der Waals surface area contributed by atoms with Crippen molar-refractivity contribution in [3.05, 3.63) is 76.7 Å². The van der Waals surface area contributed by atoms with E-state index in [0.29, 0.717) is 6.42 Å². The molecule has 0 heterocycles. The van der Waals surface area contributed by atoms with Gasteiger partial charge in [-0.15, -0.1) is 11.8 Å². The van der Waals surface area contributed by atoms with Gasteiger partial charge in [-0.2, -0.15) is 0 Å². The Hall–Kier alpha value is -2.00. The summed E-state index contributed by atoms with van der Waals surface area (Å²) in [6.45, 7) is 0. The first kappa shape index (κ1) is 15.9. The third kappa shape index (κ3) is 4.73. The molecule has 1 aliphatic rings. The molecule has 0 aromatic heterocycles. The smallest absolute Gasteiger partial charge is 0.221 e. The summed E-state index contributed by atoms with van der Waals surface area (Å²) >= 11 is 1.68. The summed E-state index contributed by atoms with van der Waals surface area (Å²) in [7, 11) is 0. The highest BCUT2D eigenvalue weighted by molar-refractivity contribution is 8.02.